The van der Waals surface area contributed by atoms with Gasteiger partial charge in [0.1, 0.15) is 23.3 Å². The number of hydrogen-bond acceptors (Lipinski definition) is 5. The van der Waals surface area contributed by atoms with E-state index in [1.54, 1.807) is 18.2 Å². The number of nitrogens with zero attached hydrogens (tertiary/aromatic N) is 2. The average Bonchev–Trinajstić information content (AvgIpc) is 3.08. The fourth-order valence-electron chi connectivity index (χ4n) is 4.11. The Balaban J connectivity index is 1.69. The van der Waals surface area contributed by atoms with Crippen LogP contribution in [0.15, 0.2) is 83.8 Å². The smallest absolute Gasteiger partial charge is 0.269 e. The molecule has 4 rings (SSSR count). The largest absolute Gasteiger partial charge is 0.357 e. The molecule has 0 saturated carbocycles. The Kier molecular flexibility index (Phi) is 7.16. The lowest BCUT2D eigenvalue weighted by Gasteiger charge is -2.32. The highest BCUT2D eigenvalue weighted by Crippen LogP contribution is 2.30. The summed E-state index contributed by atoms with van der Waals surface area (Å²) in [6.45, 7) is -0.877. The molecule has 0 aromatic heterocycles. The molecule has 0 radical (unpaired) electrons. The predicted molar refractivity (Wildman–Crippen MR) is 130 cm³/mol. The van der Waals surface area contributed by atoms with Gasteiger partial charge in [-0.15, -0.1) is 0 Å². The van der Waals surface area contributed by atoms with E-state index >= 15 is 0 Å². The van der Waals surface area contributed by atoms with Crippen molar-refractivity contribution < 1.29 is 27.2 Å². The van der Waals surface area contributed by atoms with Gasteiger partial charge in [0.2, 0.25) is 11.8 Å². The number of carbonyl (C=O) groups is 3. The fraction of sp³-hybridized carbons (Fsp3) is 0.192. The van der Waals surface area contributed by atoms with Crippen molar-refractivity contribution in [3.8, 4) is 0 Å². The molecule has 1 aliphatic heterocycles. The van der Waals surface area contributed by atoms with E-state index in [9.17, 15) is 27.2 Å². The maximum atomic E-state index is 13.6. The molecule has 0 aliphatic carbocycles. The molecule has 0 fully saturated rings. The first-order valence-electron chi connectivity index (χ1n) is 11.2. The Hall–Kier alpha value is -4.05. The lowest BCUT2D eigenvalue weighted by Crippen LogP contribution is -2.52. The molecule has 3 amide bonds. The topological polar surface area (TPSA) is 104 Å². The molecule has 3 aromatic carbocycles. The predicted octanol–water partition coefficient (Wildman–Crippen LogP) is 2.36. The third-order valence-electron chi connectivity index (χ3n) is 5.97. The number of fused-ring (bicyclic) bond motifs is 1. The second-order valence-electron chi connectivity index (χ2n) is 8.28. The van der Waals surface area contributed by atoms with E-state index in [0.29, 0.717) is 9.87 Å². The van der Waals surface area contributed by atoms with Gasteiger partial charge in [-0.25, -0.2) is 17.1 Å². The molecule has 36 heavy (non-hydrogen) atoms. The van der Waals surface area contributed by atoms with Crippen molar-refractivity contribution >= 4 is 27.7 Å². The first kappa shape index (κ1) is 25.1. The molecule has 1 heterocycles. The first-order chi connectivity index (χ1) is 17.2. The molecule has 3 aromatic rings. The summed E-state index contributed by atoms with van der Waals surface area (Å²) in [5.41, 5.74) is 1.30. The van der Waals surface area contributed by atoms with Crippen molar-refractivity contribution in [2.24, 2.45) is 0 Å². The first-order valence-corrected chi connectivity index (χ1v) is 12.6. The molecule has 10 heteroatoms. The highest BCUT2D eigenvalue weighted by atomic mass is 32.2. The summed E-state index contributed by atoms with van der Waals surface area (Å²) in [5, 5.41) is 2.56. The Morgan fingerprint density at radius 2 is 1.58 bits per heavy atom. The molecule has 0 bridgehead atoms. The zero-order chi connectivity index (χ0) is 25.9. The van der Waals surface area contributed by atoms with Gasteiger partial charge in [0.05, 0.1) is 5.56 Å². The van der Waals surface area contributed by atoms with Crippen LogP contribution in [0.25, 0.3) is 0 Å². The van der Waals surface area contributed by atoms with E-state index in [2.05, 4.69) is 5.32 Å². The summed E-state index contributed by atoms with van der Waals surface area (Å²) < 4.78 is 40.0. The number of halogens is 1. The number of amides is 3. The van der Waals surface area contributed by atoms with Crippen molar-refractivity contribution in [1.82, 2.24) is 14.5 Å². The van der Waals surface area contributed by atoms with E-state index in [0.717, 1.165) is 5.56 Å². The Bertz CT molecular complexity index is 1390. The van der Waals surface area contributed by atoms with Crippen LogP contribution < -0.4 is 5.32 Å². The zero-order valence-corrected chi connectivity index (χ0v) is 20.2. The minimum atomic E-state index is -4.23. The SMILES string of the molecule is CNC(=O)[C@@H](Cc1ccccc1)N(Cc1ccc(F)cc1)C(=O)CN1C(=O)c2ccccc2S1(=O)=O. The van der Waals surface area contributed by atoms with Crippen molar-refractivity contribution in [1.29, 1.82) is 0 Å². The van der Waals surface area contributed by atoms with Gasteiger partial charge in [-0.2, -0.15) is 0 Å². The maximum absolute atomic E-state index is 13.6. The lowest BCUT2D eigenvalue weighted by atomic mass is 10.0. The second-order valence-corrected chi connectivity index (χ2v) is 10.1. The van der Waals surface area contributed by atoms with Crippen LogP contribution >= 0.6 is 0 Å². The monoisotopic (exact) mass is 509 g/mol. The van der Waals surface area contributed by atoms with Crippen molar-refractivity contribution in [2.45, 2.75) is 23.9 Å². The molecule has 0 saturated heterocycles. The van der Waals surface area contributed by atoms with Crippen molar-refractivity contribution in [2.75, 3.05) is 13.6 Å². The molecule has 0 unspecified atom stereocenters. The van der Waals surface area contributed by atoms with Gasteiger partial charge in [-0.05, 0) is 35.4 Å². The number of sulfonamides is 1. The van der Waals surface area contributed by atoms with Gasteiger partial charge in [0.25, 0.3) is 15.9 Å². The number of rotatable bonds is 8. The van der Waals surface area contributed by atoms with Gasteiger partial charge in [-0.3, -0.25) is 14.4 Å². The van der Waals surface area contributed by atoms with Crippen molar-refractivity contribution in [3.05, 3.63) is 101 Å². The van der Waals surface area contributed by atoms with Gasteiger partial charge in [-0.1, -0.05) is 54.6 Å². The molecule has 186 valence electrons. The van der Waals surface area contributed by atoms with Crippen LogP contribution in [0.2, 0.25) is 0 Å². The third-order valence-corrected chi connectivity index (χ3v) is 7.76. The molecular weight excluding hydrogens is 485 g/mol. The van der Waals surface area contributed by atoms with E-state index in [1.807, 2.05) is 18.2 Å². The molecule has 1 N–H and O–H groups in total. The lowest BCUT2D eigenvalue weighted by molar-refractivity contribution is -0.140. The van der Waals surface area contributed by atoms with E-state index in [4.69, 9.17) is 0 Å². The van der Waals surface area contributed by atoms with Crippen LogP contribution in [0.4, 0.5) is 4.39 Å². The molecular formula is C26H24FN3O5S. The summed E-state index contributed by atoms with van der Waals surface area (Å²) in [7, 11) is -2.79. The normalized spacial score (nSPS) is 14.7. The summed E-state index contributed by atoms with van der Waals surface area (Å²) in [6, 6.07) is 19.2. The zero-order valence-electron chi connectivity index (χ0n) is 19.4. The standard InChI is InChI=1S/C26H24FN3O5S/c1-28-25(32)22(15-18-7-3-2-4-8-18)29(16-19-11-13-20(27)14-12-19)24(31)17-30-26(33)21-9-5-6-10-23(21)36(30,34)35/h2-14,22H,15-17H2,1H3,(H,28,32)/t22-/m1/s1. The Labute approximate surface area is 208 Å². The van der Waals surface area contributed by atoms with Gasteiger partial charge in [0, 0.05) is 20.0 Å². The minimum Gasteiger partial charge on any atom is -0.357 e. The highest BCUT2D eigenvalue weighted by molar-refractivity contribution is 7.90. The number of hydrogen-bond donors (Lipinski definition) is 1. The van der Waals surface area contributed by atoms with Crippen LogP contribution in [0.1, 0.15) is 21.5 Å². The molecule has 0 spiro atoms. The van der Waals surface area contributed by atoms with Gasteiger partial charge < -0.3 is 10.2 Å². The quantitative estimate of drug-likeness (QED) is 0.502. The van der Waals surface area contributed by atoms with Gasteiger partial charge in [0.15, 0.2) is 0 Å². The van der Waals surface area contributed by atoms with Crippen LogP contribution in [0.5, 0.6) is 0 Å². The second kappa shape index (κ2) is 10.3. The average molecular weight is 510 g/mol. The van der Waals surface area contributed by atoms with Crippen LogP contribution in [-0.2, 0) is 32.6 Å². The summed E-state index contributed by atoms with van der Waals surface area (Å²) in [5.74, 6) is -2.47. The van der Waals surface area contributed by atoms with E-state index in [1.165, 1.54) is 54.4 Å². The summed E-state index contributed by atoms with van der Waals surface area (Å²) in [4.78, 5) is 40.5. The van der Waals surface area contributed by atoms with Crippen molar-refractivity contribution in [3.63, 3.8) is 0 Å². The van der Waals surface area contributed by atoms with Gasteiger partial charge >= 0.3 is 0 Å². The minimum absolute atomic E-state index is 0.0116. The summed E-state index contributed by atoms with van der Waals surface area (Å²) >= 11 is 0. The Morgan fingerprint density at radius 3 is 2.22 bits per heavy atom. The van der Waals surface area contributed by atoms with Crippen LogP contribution in [0.3, 0.4) is 0 Å². The maximum Gasteiger partial charge on any atom is 0.269 e. The van der Waals surface area contributed by atoms with Crippen LogP contribution in [-0.4, -0.2) is 55.0 Å². The van der Waals surface area contributed by atoms with E-state index in [-0.39, 0.29) is 23.4 Å². The summed E-state index contributed by atoms with van der Waals surface area (Å²) in [6.07, 6.45) is 0.147. The number of likely N-dealkylation sites (N-methyl/N-ethyl adjacent to an activating group) is 1. The number of benzene rings is 3. The Morgan fingerprint density at radius 1 is 0.944 bits per heavy atom. The van der Waals surface area contributed by atoms with E-state index < -0.39 is 46.1 Å². The molecule has 1 aliphatic rings. The molecule has 1 atom stereocenters. The van der Waals surface area contributed by atoms with Crippen LogP contribution in [0, 0.1) is 5.82 Å². The molecule has 8 nitrogen and oxygen atoms in total. The third kappa shape index (κ3) is 4.99. The highest BCUT2D eigenvalue weighted by Gasteiger charge is 2.43. The number of nitrogens with one attached hydrogen (secondary N) is 1. The number of carbonyl (C=O) groups excluding carboxylic acids is 3. The fourth-order valence-corrected chi connectivity index (χ4v) is 5.63.